The SMILES string of the molecule is c1cnc(Oc2ccc(-c3nccn3CCn3ccnc3)cc2)nc1. The lowest BCUT2D eigenvalue weighted by Crippen LogP contribution is -2.06. The lowest BCUT2D eigenvalue weighted by Gasteiger charge is -2.09. The van der Waals surface area contributed by atoms with E-state index in [4.69, 9.17) is 4.74 Å². The first-order valence-corrected chi connectivity index (χ1v) is 7.91. The van der Waals surface area contributed by atoms with Crippen LogP contribution in [-0.4, -0.2) is 29.1 Å². The standard InChI is InChI=1S/C18H16N6O/c1-6-21-18(22-7-1)25-16-4-2-15(3-5-16)17-20-9-11-24(17)13-12-23-10-8-19-14-23/h1-11,14H,12-13H2. The van der Waals surface area contributed by atoms with E-state index in [-0.39, 0.29) is 0 Å². The molecule has 0 aliphatic carbocycles. The highest BCUT2D eigenvalue weighted by atomic mass is 16.5. The minimum Gasteiger partial charge on any atom is -0.424 e. The Morgan fingerprint density at radius 2 is 1.68 bits per heavy atom. The van der Waals surface area contributed by atoms with Crippen molar-refractivity contribution in [1.82, 2.24) is 29.1 Å². The number of aryl methyl sites for hydroxylation is 2. The smallest absolute Gasteiger partial charge is 0.321 e. The fraction of sp³-hybridized carbons (Fsp3) is 0.111. The molecule has 0 aliphatic heterocycles. The summed E-state index contributed by atoms with van der Waals surface area (Å²) in [5.41, 5.74) is 1.02. The van der Waals surface area contributed by atoms with Gasteiger partial charge >= 0.3 is 6.01 Å². The monoisotopic (exact) mass is 332 g/mol. The molecule has 4 aromatic rings. The molecular weight excluding hydrogens is 316 g/mol. The number of rotatable bonds is 6. The Morgan fingerprint density at radius 3 is 2.44 bits per heavy atom. The molecule has 0 saturated carbocycles. The van der Waals surface area contributed by atoms with Gasteiger partial charge in [-0.25, -0.2) is 19.9 Å². The molecule has 7 heteroatoms. The van der Waals surface area contributed by atoms with Crippen LogP contribution in [0.4, 0.5) is 0 Å². The summed E-state index contributed by atoms with van der Waals surface area (Å²) < 4.78 is 9.78. The molecule has 0 atom stereocenters. The molecule has 4 rings (SSSR count). The third-order valence-corrected chi connectivity index (χ3v) is 3.74. The van der Waals surface area contributed by atoms with Gasteiger partial charge in [0.05, 0.1) is 6.33 Å². The van der Waals surface area contributed by atoms with E-state index in [2.05, 4.69) is 24.5 Å². The van der Waals surface area contributed by atoms with Crippen molar-refractivity contribution in [2.24, 2.45) is 0 Å². The van der Waals surface area contributed by atoms with E-state index in [1.54, 1.807) is 24.7 Å². The van der Waals surface area contributed by atoms with Gasteiger partial charge in [0.2, 0.25) is 0 Å². The Kier molecular flexibility index (Phi) is 4.20. The molecule has 0 aliphatic rings. The molecule has 7 nitrogen and oxygen atoms in total. The molecular formula is C18H16N6O. The molecule has 0 N–H and O–H groups in total. The lowest BCUT2D eigenvalue weighted by atomic mass is 10.2. The summed E-state index contributed by atoms with van der Waals surface area (Å²) in [5, 5.41) is 0. The highest BCUT2D eigenvalue weighted by Crippen LogP contribution is 2.23. The van der Waals surface area contributed by atoms with Crippen LogP contribution in [0.25, 0.3) is 11.4 Å². The van der Waals surface area contributed by atoms with Gasteiger partial charge < -0.3 is 13.9 Å². The molecule has 0 fully saturated rings. The Labute approximate surface area is 144 Å². The molecule has 3 aromatic heterocycles. The van der Waals surface area contributed by atoms with Gasteiger partial charge in [-0.15, -0.1) is 0 Å². The summed E-state index contributed by atoms with van der Waals surface area (Å²) in [5.74, 6) is 1.61. The van der Waals surface area contributed by atoms with Crippen LogP contribution in [0.5, 0.6) is 11.8 Å². The summed E-state index contributed by atoms with van der Waals surface area (Å²) in [6, 6.07) is 9.82. The van der Waals surface area contributed by atoms with Gasteiger partial charge in [-0.05, 0) is 30.3 Å². The highest BCUT2D eigenvalue weighted by Gasteiger charge is 2.07. The van der Waals surface area contributed by atoms with E-state index in [0.29, 0.717) is 11.8 Å². The van der Waals surface area contributed by atoms with E-state index in [0.717, 1.165) is 24.5 Å². The minimum atomic E-state index is 0.331. The van der Waals surface area contributed by atoms with Crippen LogP contribution in [-0.2, 0) is 13.1 Å². The van der Waals surface area contributed by atoms with Crippen LogP contribution in [0.15, 0.2) is 73.8 Å². The molecule has 0 unspecified atom stereocenters. The van der Waals surface area contributed by atoms with E-state index >= 15 is 0 Å². The fourth-order valence-electron chi connectivity index (χ4n) is 2.51. The first-order chi connectivity index (χ1) is 12.4. The van der Waals surface area contributed by atoms with E-state index in [1.807, 2.05) is 53.8 Å². The Hall–Kier alpha value is -3.48. The number of ether oxygens (including phenoxy) is 1. The van der Waals surface area contributed by atoms with Crippen molar-refractivity contribution >= 4 is 0 Å². The van der Waals surface area contributed by atoms with Crippen LogP contribution in [0.1, 0.15) is 0 Å². The predicted octanol–water partition coefficient (Wildman–Crippen LogP) is 3.03. The summed E-state index contributed by atoms with van der Waals surface area (Å²) in [7, 11) is 0. The van der Waals surface area contributed by atoms with Crippen molar-refractivity contribution < 1.29 is 4.74 Å². The zero-order valence-electron chi connectivity index (χ0n) is 13.4. The number of benzene rings is 1. The van der Waals surface area contributed by atoms with Crippen LogP contribution < -0.4 is 4.74 Å². The number of nitrogens with zero attached hydrogens (tertiary/aromatic N) is 6. The van der Waals surface area contributed by atoms with E-state index in [9.17, 15) is 0 Å². The highest BCUT2D eigenvalue weighted by molar-refractivity contribution is 5.57. The van der Waals surface area contributed by atoms with E-state index in [1.165, 1.54) is 0 Å². The quantitative estimate of drug-likeness (QED) is 0.543. The Bertz CT molecular complexity index is 916. The average molecular weight is 332 g/mol. The first kappa shape index (κ1) is 15.1. The van der Waals surface area contributed by atoms with Gasteiger partial charge in [-0.1, -0.05) is 0 Å². The second kappa shape index (κ2) is 6.96. The van der Waals surface area contributed by atoms with Crippen LogP contribution in [0.2, 0.25) is 0 Å². The number of hydrogen-bond acceptors (Lipinski definition) is 5. The summed E-state index contributed by atoms with van der Waals surface area (Å²) >= 11 is 0. The van der Waals surface area contributed by atoms with Crippen LogP contribution in [0, 0.1) is 0 Å². The van der Waals surface area contributed by atoms with E-state index < -0.39 is 0 Å². The summed E-state index contributed by atoms with van der Waals surface area (Å²) in [6.45, 7) is 1.66. The lowest BCUT2D eigenvalue weighted by molar-refractivity contribution is 0.442. The molecule has 0 saturated heterocycles. The van der Waals surface area contributed by atoms with Crippen molar-refractivity contribution in [3.8, 4) is 23.1 Å². The zero-order chi connectivity index (χ0) is 16.9. The predicted molar refractivity (Wildman–Crippen MR) is 92.0 cm³/mol. The molecule has 0 spiro atoms. The molecule has 25 heavy (non-hydrogen) atoms. The maximum atomic E-state index is 5.62. The maximum Gasteiger partial charge on any atom is 0.321 e. The van der Waals surface area contributed by atoms with Gasteiger partial charge in [-0.2, -0.15) is 0 Å². The van der Waals surface area contributed by atoms with Crippen molar-refractivity contribution in [3.05, 3.63) is 73.8 Å². The number of hydrogen-bond donors (Lipinski definition) is 0. The minimum absolute atomic E-state index is 0.331. The van der Waals surface area contributed by atoms with Crippen molar-refractivity contribution in [2.75, 3.05) is 0 Å². The second-order valence-corrected chi connectivity index (χ2v) is 5.40. The Balaban J connectivity index is 1.48. The molecule has 0 bridgehead atoms. The molecule has 0 amide bonds. The molecule has 0 radical (unpaired) electrons. The Morgan fingerprint density at radius 1 is 0.840 bits per heavy atom. The van der Waals surface area contributed by atoms with Gasteiger partial charge in [0.25, 0.3) is 0 Å². The van der Waals surface area contributed by atoms with Crippen LogP contribution in [0.3, 0.4) is 0 Å². The van der Waals surface area contributed by atoms with Gasteiger partial charge in [0.1, 0.15) is 11.6 Å². The van der Waals surface area contributed by atoms with Gasteiger partial charge in [-0.3, -0.25) is 0 Å². The van der Waals surface area contributed by atoms with Gasteiger partial charge in [0, 0.05) is 55.8 Å². The van der Waals surface area contributed by atoms with Crippen LogP contribution >= 0.6 is 0 Å². The maximum absolute atomic E-state index is 5.62. The second-order valence-electron chi connectivity index (χ2n) is 5.40. The summed E-state index contributed by atoms with van der Waals surface area (Å²) in [4.78, 5) is 16.6. The molecule has 1 aromatic carbocycles. The third-order valence-electron chi connectivity index (χ3n) is 3.74. The van der Waals surface area contributed by atoms with Gasteiger partial charge in [0.15, 0.2) is 0 Å². The topological polar surface area (TPSA) is 70.7 Å². The zero-order valence-corrected chi connectivity index (χ0v) is 13.4. The first-order valence-electron chi connectivity index (χ1n) is 7.91. The fourth-order valence-corrected chi connectivity index (χ4v) is 2.51. The number of imidazole rings is 2. The van der Waals surface area contributed by atoms with Crippen molar-refractivity contribution in [2.45, 2.75) is 13.1 Å². The summed E-state index contributed by atoms with van der Waals surface area (Å²) in [6.07, 6.45) is 12.6. The normalized spacial score (nSPS) is 10.7. The molecule has 124 valence electrons. The number of aromatic nitrogens is 6. The van der Waals surface area contributed by atoms with Crippen molar-refractivity contribution in [3.63, 3.8) is 0 Å². The average Bonchev–Trinajstić information content (AvgIpc) is 3.33. The largest absolute Gasteiger partial charge is 0.424 e. The molecule has 3 heterocycles. The van der Waals surface area contributed by atoms with Crippen molar-refractivity contribution in [1.29, 1.82) is 0 Å². The third kappa shape index (κ3) is 3.55.